The summed E-state index contributed by atoms with van der Waals surface area (Å²) < 4.78 is 10.5. The van der Waals surface area contributed by atoms with Crippen LogP contribution in [0.4, 0.5) is 0 Å². The molecule has 0 aromatic heterocycles. The number of carbonyl (C=O) groups is 3. The number of hydrogen-bond donors (Lipinski definition) is 0. The number of carbonyl (C=O) groups excluding carboxylic acids is 3. The van der Waals surface area contributed by atoms with Crippen LogP contribution >= 0.6 is 0 Å². The Bertz CT molecular complexity index is 512. The fraction of sp³-hybridized carbons (Fsp3) is 0.533. The highest BCUT2D eigenvalue weighted by atomic mass is 16.5. The van der Waals surface area contributed by atoms with Gasteiger partial charge in [-0.2, -0.15) is 0 Å². The number of hydrogen-bond acceptors (Lipinski definition) is 5. The summed E-state index contributed by atoms with van der Waals surface area (Å²) in [5, 5.41) is 0. The molecule has 0 aliphatic carbocycles. The van der Waals surface area contributed by atoms with Gasteiger partial charge in [0.05, 0.1) is 30.6 Å². The molecule has 4 atom stereocenters. The highest BCUT2D eigenvalue weighted by Crippen LogP contribution is 2.42. The number of amides is 2. The Balaban J connectivity index is 2.17. The summed E-state index contributed by atoms with van der Waals surface area (Å²) in [6, 6.07) is 0. The van der Waals surface area contributed by atoms with Crippen LogP contribution in [0, 0.1) is 11.8 Å². The Morgan fingerprint density at radius 2 is 1.95 bits per heavy atom. The lowest BCUT2D eigenvalue weighted by atomic mass is 9.87. The van der Waals surface area contributed by atoms with Gasteiger partial charge in [-0.1, -0.05) is 18.2 Å². The van der Waals surface area contributed by atoms with Crippen molar-refractivity contribution in [3.8, 4) is 0 Å². The third kappa shape index (κ3) is 2.63. The van der Waals surface area contributed by atoms with Crippen molar-refractivity contribution in [1.82, 2.24) is 4.90 Å². The Morgan fingerprint density at radius 1 is 1.33 bits per heavy atom. The van der Waals surface area contributed by atoms with Gasteiger partial charge in [-0.15, -0.1) is 6.58 Å². The van der Waals surface area contributed by atoms with E-state index in [2.05, 4.69) is 13.2 Å². The lowest BCUT2D eigenvalue weighted by Crippen LogP contribution is -2.38. The quantitative estimate of drug-likeness (QED) is 0.423. The lowest BCUT2D eigenvalue weighted by Gasteiger charge is -2.20. The van der Waals surface area contributed by atoms with Crippen LogP contribution in [-0.2, 0) is 23.9 Å². The molecule has 0 bridgehead atoms. The van der Waals surface area contributed by atoms with Crippen molar-refractivity contribution in [2.24, 2.45) is 11.8 Å². The number of ether oxygens (including phenoxy) is 2. The molecule has 2 heterocycles. The first-order valence-corrected chi connectivity index (χ1v) is 6.80. The maximum atomic E-state index is 12.5. The molecule has 0 saturated carbocycles. The summed E-state index contributed by atoms with van der Waals surface area (Å²) in [5.74, 6) is -2.16. The minimum Gasteiger partial charge on any atom is -0.464 e. The van der Waals surface area contributed by atoms with Gasteiger partial charge in [-0.3, -0.25) is 19.3 Å². The van der Waals surface area contributed by atoms with Gasteiger partial charge in [0.2, 0.25) is 11.8 Å². The molecule has 0 aromatic rings. The van der Waals surface area contributed by atoms with Gasteiger partial charge >= 0.3 is 5.97 Å². The number of fused-ring (bicyclic) bond motifs is 1. The molecular weight excluding hydrogens is 274 g/mol. The summed E-state index contributed by atoms with van der Waals surface area (Å²) in [4.78, 5) is 36.8. The van der Waals surface area contributed by atoms with Gasteiger partial charge < -0.3 is 9.47 Å². The smallest absolute Gasteiger partial charge is 0.302 e. The predicted molar refractivity (Wildman–Crippen MR) is 74.0 cm³/mol. The van der Waals surface area contributed by atoms with E-state index in [-0.39, 0.29) is 25.0 Å². The van der Waals surface area contributed by atoms with Crippen LogP contribution in [0.1, 0.15) is 13.8 Å². The zero-order valence-corrected chi connectivity index (χ0v) is 12.2. The predicted octanol–water partition coefficient (Wildman–Crippen LogP) is 0.680. The number of likely N-dealkylation sites (tertiary alicyclic amines) is 1. The van der Waals surface area contributed by atoms with Crippen molar-refractivity contribution in [3.63, 3.8) is 0 Å². The summed E-state index contributed by atoms with van der Waals surface area (Å²) in [6.07, 6.45) is 0.571. The second-order valence-electron chi connectivity index (χ2n) is 5.32. The maximum Gasteiger partial charge on any atom is 0.302 e. The van der Waals surface area contributed by atoms with E-state index in [1.54, 1.807) is 13.0 Å². The number of rotatable bonds is 5. The molecule has 2 fully saturated rings. The van der Waals surface area contributed by atoms with Crippen LogP contribution in [0.15, 0.2) is 24.8 Å². The standard InChI is InChI=1S/C15H19NO5/c1-5-10-11-12(13(21-10)8(2)3)15(19)16(14(11)18)6-7-20-9(4)17/h5,10-13H,1-2,6-7H2,3-4H3/t10?,11-,12-,13?/m1/s1. The van der Waals surface area contributed by atoms with E-state index in [4.69, 9.17) is 9.47 Å². The van der Waals surface area contributed by atoms with Crippen LogP contribution in [-0.4, -0.2) is 48.0 Å². The average Bonchev–Trinajstić information content (AvgIpc) is 2.90. The van der Waals surface area contributed by atoms with Gasteiger partial charge in [0.1, 0.15) is 6.61 Å². The molecular formula is C15H19NO5. The minimum atomic E-state index is -0.561. The zero-order chi connectivity index (χ0) is 15.7. The summed E-state index contributed by atoms with van der Waals surface area (Å²) in [7, 11) is 0. The van der Waals surface area contributed by atoms with E-state index in [1.165, 1.54) is 6.92 Å². The normalized spacial score (nSPS) is 31.2. The molecule has 6 nitrogen and oxygen atoms in total. The Morgan fingerprint density at radius 3 is 2.48 bits per heavy atom. The van der Waals surface area contributed by atoms with Gasteiger partial charge in [0, 0.05) is 6.92 Å². The van der Waals surface area contributed by atoms with Crippen molar-refractivity contribution in [3.05, 3.63) is 24.8 Å². The van der Waals surface area contributed by atoms with Crippen molar-refractivity contribution in [1.29, 1.82) is 0 Å². The second kappa shape index (κ2) is 5.81. The number of esters is 1. The van der Waals surface area contributed by atoms with E-state index >= 15 is 0 Å². The van der Waals surface area contributed by atoms with Gasteiger partial charge in [0.15, 0.2) is 0 Å². The van der Waals surface area contributed by atoms with Crippen molar-refractivity contribution >= 4 is 17.8 Å². The van der Waals surface area contributed by atoms with Gasteiger partial charge in [-0.25, -0.2) is 0 Å². The highest BCUT2D eigenvalue weighted by Gasteiger charge is 2.59. The molecule has 21 heavy (non-hydrogen) atoms. The van der Waals surface area contributed by atoms with E-state index in [0.29, 0.717) is 5.57 Å². The van der Waals surface area contributed by atoms with Crippen molar-refractivity contribution in [2.75, 3.05) is 13.2 Å². The van der Waals surface area contributed by atoms with E-state index in [1.807, 2.05) is 0 Å². The molecule has 0 aromatic carbocycles. The molecule has 114 valence electrons. The van der Waals surface area contributed by atoms with E-state index in [9.17, 15) is 14.4 Å². The third-order valence-corrected chi connectivity index (χ3v) is 3.81. The first-order chi connectivity index (χ1) is 9.88. The highest BCUT2D eigenvalue weighted by molar-refractivity contribution is 6.06. The van der Waals surface area contributed by atoms with E-state index < -0.39 is 30.0 Å². The molecule has 0 spiro atoms. The summed E-state index contributed by atoms with van der Waals surface area (Å²) in [5.41, 5.74) is 0.706. The molecule has 6 heteroatoms. The maximum absolute atomic E-state index is 12.5. The third-order valence-electron chi connectivity index (χ3n) is 3.81. The second-order valence-corrected chi connectivity index (χ2v) is 5.32. The van der Waals surface area contributed by atoms with Crippen LogP contribution in [0.3, 0.4) is 0 Å². The largest absolute Gasteiger partial charge is 0.464 e. The molecule has 2 aliphatic heterocycles. The van der Waals surface area contributed by atoms with Gasteiger partial charge in [-0.05, 0) is 6.92 Å². The van der Waals surface area contributed by atoms with Crippen LogP contribution in [0.2, 0.25) is 0 Å². The monoisotopic (exact) mass is 293 g/mol. The lowest BCUT2D eigenvalue weighted by molar-refractivity contribution is -0.148. The Hall–Kier alpha value is -1.95. The van der Waals surface area contributed by atoms with E-state index in [0.717, 1.165) is 4.90 Å². The fourth-order valence-electron chi connectivity index (χ4n) is 2.90. The van der Waals surface area contributed by atoms with Crippen LogP contribution in [0.25, 0.3) is 0 Å². The van der Waals surface area contributed by atoms with Crippen LogP contribution < -0.4 is 0 Å². The molecule has 2 saturated heterocycles. The fourth-order valence-corrected chi connectivity index (χ4v) is 2.90. The molecule has 2 unspecified atom stereocenters. The topological polar surface area (TPSA) is 72.9 Å². The Labute approximate surface area is 123 Å². The summed E-state index contributed by atoms with van der Waals surface area (Å²) >= 11 is 0. The molecule has 0 N–H and O–H groups in total. The first kappa shape index (κ1) is 15.4. The zero-order valence-electron chi connectivity index (χ0n) is 12.2. The Kier molecular flexibility index (Phi) is 4.27. The number of nitrogens with zero attached hydrogens (tertiary/aromatic N) is 1. The molecule has 2 amide bonds. The van der Waals surface area contributed by atoms with Gasteiger partial charge in [0.25, 0.3) is 0 Å². The van der Waals surface area contributed by atoms with Crippen LogP contribution in [0.5, 0.6) is 0 Å². The number of imide groups is 1. The SMILES string of the molecule is C=CC1OC(C(=C)C)[C@@H]2C(=O)N(CCOC(C)=O)C(=O)[C@H]12. The van der Waals surface area contributed by atoms with Crippen molar-refractivity contribution in [2.45, 2.75) is 26.1 Å². The van der Waals surface area contributed by atoms with Crippen molar-refractivity contribution < 1.29 is 23.9 Å². The molecule has 0 radical (unpaired) electrons. The first-order valence-electron chi connectivity index (χ1n) is 6.80. The summed E-state index contributed by atoms with van der Waals surface area (Å²) in [6.45, 7) is 10.6. The molecule has 2 aliphatic rings. The molecule has 2 rings (SSSR count). The average molecular weight is 293 g/mol. The minimum absolute atomic E-state index is 0.00358.